The van der Waals surface area contributed by atoms with E-state index in [1.165, 1.54) is 24.1 Å². The number of carbonyl (C=O) groups excluding carboxylic acids is 3. The first kappa shape index (κ1) is 43.6. The number of carboxylic acid groups (broad SMARTS) is 1. The molecule has 15 nitrogen and oxygen atoms in total. The third-order valence-corrected chi connectivity index (χ3v) is 14.6. The summed E-state index contributed by atoms with van der Waals surface area (Å²) >= 11 is 0. The van der Waals surface area contributed by atoms with E-state index in [0.717, 1.165) is 0 Å². The second-order valence-electron chi connectivity index (χ2n) is 17.6. The van der Waals surface area contributed by atoms with Gasteiger partial charge in [-0.2, -0.15) is 0 Å². The molecule has 17 heteroatoms. The third-order valence-electron chi connectivity index (χ3n) is 12.4. The van der Waals surface area contributed by atoms with Crippen LogP contribution in [-0.4, -0.2) is 95.5 Å². The molecule has 4 aliphatic rings. The van der Waals surface area contributed by atoms with Gasteiger partial charge in [0.2, 0.25) is 27.7 Å². The Balaban J connectivity index is 1.26. The summed E-state index contributed by atoms with van der Waals surface area (Å²) in [6.07, 6.45) is 3.96. The van der Waals surface area contributed by atoms with Gasteiger partial charge >= 0.3 is 6.09 Å². The summed E-state index contributed by atoms with van der Waals surface area (Å²) in [4.78, 5) is 61.4. The van der Waals surface area contributed by atoms with Gasteiger partial charge in [-0.05, 0) is 119 Å². The summed E-state index contributed by atoms with van der Waals surface area (Å²) in [5, 5.41) is 16.0. The molecule has 3 aromatic rings. The minimum atomic E-state index is -4.06. The molecule has 4 amide bonds. The number of benzene rings is 2. The average molecular weight is 864 g/mol. The van der Waals surface area contributed by atoms with E-state index < -0.39 is 80.0 Å². The Morgan fingerprint density at radius 3 is 2.46 bits per heavy atom. The van der Waals surface area contributed by atoms with Crippen molar-refractivity contribution >= 4 is 44.6 Å². The minimum Gasteiger partial charge on any atom is -0.494 e. The molecule has 2 aliphatic heterocycles. The number of hydrogen-bond acceptors (Lipinski definition) is 10. The first-order valence-corrected chi connectivity index (χ1v) is 22.3. The predicted octanol–water partition coefficient (Wildman–Crippen LogP) is 5.71. The highest BCUT2D eigenvalue weighted by Crippen LogP contribution is 2.48. The lowest BCUT2D eigenvalue weighted by atomic mass is 9.88. The van der Waals surface area contributed by atoms with Gasteiger partial charge in [0, 0.05) is 23.3 Å². The van der Waals surface area contributed by atoms with E-state index in [1.807, 2.05) is 45.1 Å². The maximum atomic E-state index is 15.3. The number of rotatable bonds is 10. The first-order valence-electron chi connectivity index (χ1n) is 20.8. The predicted molar refractivity (Wildman–Crippen MR) is 224 cm³/mol. The average Bonchev–Trinajstić information content (AvgIpc) is 4.08. The minimum absolute atomic E-state index is 0.00375. The smallest absolute Gasteiger partial charge is 0.405 e. The number of carbonyl (C=O) groups is 4. The van der Waals surface area contributed by atoms with Gasteiger partial charge in [0.1, 0.15) is 29.5 Å². The Kier molecular flexibility index (Phi) is 12.0. The quantitative estimate of drug-likeness (QED) is 0.182. The van der Waals surface area contributed by atoms with E-state index in [2.05, 4.69) is 15.4 Å². The molecule has 2 aromatic carbocycles. The lowest BCUT2D eigenvalue weighted by molar-refractivity contribution is -0.142. The van der Waals surface area contributed by atoms with Crippen LogP contribution in [0.3, 0.4) is 0 Å². The van der Waals surface area contributed by atoms with Crippen molar-refractivity contribution < 1.29 is 51.3 Å². The van der Waals surface area contributed by atoms with Crippen molar-refractivity contribution in [1.29, 1.82) is 0 Å². The number of halogens is 1. The third kappa shape index (κ3) is 9.12. The largest absolute Gasteiger partial charge is 0.494 e. The number of sulfonamides is 1. The summed E-state index contributed by atoms with van der Waals surface area (Å²) in [6, 6.07) is 9.26. The van der Waals surface area contributed by atoms with E-state index in [4.69, 9.17) is 19.2 Å². The summed E-state index contributed by atoms with van der Waals surface area (Å²) in [5.41, 5.74) is -0.450. The van der Waals surface area contributed by atoms with Crippen LogP contribution in [-0.2, 0) is 24.4 Å². The van der Waals surface area contributed by atoms with Crippen LogP contribution in [0.4, 0.5) is 9.18 Å². The zero-order chi connectivity index (χ0) is 44.0. The van der Waals surface area contributed by atoms with Gasteiger partial charge in [-0.15, -0.1) is 0 Å². The number of nitrogens with zero attached hydrogens (tertiary/aromatic N) is 2. The SMILES string of the molecule is COc1cc2cc(-c3ccc(OC(C)C)cc3)nc(O[C@@H]3C[C@H]4C(=O)NC5(C(=O)NS(=O)(=O)C6(C)CC6)CC5/C=C\CC[C@H](C)C[C@@H](C)[C@H](NC(=O)O)C(=O)N4C3)c2cc1F. The Morgan fingerprint density at radius 2 is 1.80 bits per heavy atom. The van der Waals surface area contributed by atoms with Gasteiger partial charge in [0.25, 0.3) is 5.91 Å². The van der Waals surface area contributed by atoms with E-state index >= 15 is 4.39 Å². The molecule has 328 valence electrons. The fourth-order valence-corrected chi connectivity index (χ4v) is 9.79. The molecule has 7 rings (SSSR count). The highest BCUT2D eigenvalue weighted by molar-refractivity contribution is 7.91. The van der Waals surface area contributed by atoms with Crippen LogP contribution in [0.1, 0.15) is 79.6 Å². The normalized spacial score (nSPS) is 28.0. The van der Waals surface area contributed by atoms with Crippen LogP contribution in [0.25, 0.3) is 22.0 Å². The highest BCUT2D eigenvalue weighted by Gasteiger charge is 2.63. The first-order chi connectivity index (χ1) is 28.8. The molecule has 1 saturated heterocycles. The van der Waals surface area contributed by atoms with Crippen molar-refractivity contribution in [2.45, 2.75) is 114 Å². The number of aromatic nitrogens is 1. The molecular formula is C44H54FN5O10S. The van der Waals surface area contributed by atoms with Crippen molar-refractivity contribution in [2.75, 3.05) is 13.7 Å². The van der Waals surface area contributed by atoms with E-state index in [9.17, 15) is 32.7 Å². The molecule has 2 saturated carbocycles. The van der Waals surface area contributed by atoms with Crippen molar-refractivity contribution in [1.82, 2.24) is 25.2 Å². The molecule has 4 N–H and O–H groups in total. The molecule has 7 atom stereocenters. The monoisotopic (exact) mass is 863 g/mol. The molecule has 0 radical (unpaired) electrons. The van der Waals surface area contributed by atoms with Crippen LogP contribution in [0, 0.1) is 23.6 Å². The summed E-state index contributed by atoms with van der Waals surface area (Å²) in [7, 11) is -2.71. The molecule has 3 heterocycles. The molecule has 2 aliphatic carbocycles. The fraction of sp³-hybridized carbons (Fsp3) is 0.523. The van der Waals surface area contributed by atoms with Crippen molar-refractivity contribution in [2.24, 2.45) is 17.8 Å². The van der Waals surface area contributed by atoms with Crippen LogP contribution in [0.5, 0.6) is 17.4 Å². The molecule has 61 heavy (non-hydrogen) atoms. The second-order valence-corrected chi connectivity index (χ2v) is 19.8. The molecule has 1 aromatic heterocycles. The number of ether oxygens (including phenoxy) is 3. The molecular weight excluding hydrogens is 810 g/mol. The van der Waals surface area contributed by atoms with Gasteiger partial charge in [-0.1, -0.05) is 26.0 Å². The zero-order valence-corrected chi connectivity index (χ0v) is 36.0. The van der Waals surface area contributed by atoms with Crippen LogP contribution in [0.15, 0.2) is 54.6 Å². The molecule has 0 bridgehead atoms. The number of fused-ring (bicyclic) bond motifs is 3. The lowest BCUT2D eigenvalue weighted by Gasteiger charge is -2.32. The summed E-state index contributed by atoms with van der Waals surface area (Å²) in [6.45, 7) is 8.99. The van der Waals surface area contributed by atoms with Crippen molar-refractivity contribution in [3.05, 3.63) is 60.4 Å². The molecule has 0 spiro atoms. The standard InChI is InChI=1S/C44H54FN5O10S/c1-24(2)59-30-13-11-27(12-14-30)34-18-28-19-36(58-6)33(45)21-32(28)39(46-34)60-31-20-35-38(51)48-44(41(53)49-61(56,57)43(5)15-16-43)22-29(44)10-8-7-9-25(3)17-26(4)37(47-42(54)55)40(52)50(35)23-31/h8,10-14,18-19,21,24-26,29,31,35,37,47H,7,9,15-17,20,22-23H2,1-6H3,(H,48,51)(H,49,53)(H,54,55)/b10-8-/t25-,26+,29?,31+,35-,37-,44?/m0/s1. The second kappa shape index (κ2) is 16.8. The van der Waals surface area contributed by atoms with Gasteiger partial charge in [-0.25, -0.2) is 22.6 Å². The van der Waals surface area contributed by atoms with Gasteiger partial charge in [0.15, 0.2) is 11.6 Å². The highest BCUT2D eigenvalue weighted by atomic mass is 32.2. The Labute approximate surface area is 354 Å². The van der Waals surface area contributed by atoms with Crippen LogP contribution in [0.2, 0.25) is 0 Å². The van der Waals surface area contributed by atoms with Gasteiger partial charge in [-0.3, -0.25) is 19.1 Å². The van der Waals surface area contributed by atoms with E-state index in [-0.39, 0.29) is 43.0 Å². The summed E-state index contributed by atoms with van der Waals surface area (Å²) in [5.74, 6) is -3.19. The number of nitrogens with one attached hydrogen (secondary N) is 3. The number of hydrogen-bond donors (Lipinski definition) is 4. The topological polar surface area (TPSA) is 203 Å². The summed E-state index contributed by atoms with van der Waals surface area (Å²) < 4.78 is 60.6. The number of amides is 4. The Hall–Kier alpha value is -5.45. The molecule has 3 fully saturated rings. The maximum Gasteiger partial charge on any atom is 0.405 e. The van der Waals surface area contributed by atoms with Crippen LogP contribution >= 0.6 is 0 Å². The van der Waals surface area contributed by atoms with Crippen LogP contribution < -0.4 is 29.6 Å². The van der Waals surface area contributed by atoms with E-state index in [1.54, 1.807) is 32.0 Å². The fourth-order valence-electron chi connectivity index (χ4n) is 8.48. The maximum absolute atomic E-state index is 15.3. The Bertz CT molecular complexity index is 2350. The Morgan fingerprint density at radius 1 is 1.08 bits per heavy atom. The number of allylic oxidation sites excluding steroid dienone is 1. The van der Waals surface area contributed by atoms with Gasteiger partial charge < -0.3 is 34.9 Å². The van der Waals surface area contributed by atoms with Crippen molar-refractivity contribution in [3.63, 3.8) is 0 Å². The van der Waals surface area contributed by atoms with Gasteiger partial charge in [0.05, 0.1) is 30.2 Å². The lowest BCUT2D eigenvalue weighted by Crippen LogP contribution is -2.59. The number of pyridine rings is 1. The van der Waals surface area contributed by atoms with Crippen molar-refractivity contribution in [3.8, 4) is 28.6 Å². The zero-order valence-electron chi connectivity index (χ0n) is 35.2. The number of methoxy groups -OCH3 is 1. The van der Waals surface area contributed by atoms with E-state index in [0.29, 0.717) is 59.9 Å². The molecule has 2 unspecified atom stereocenters.